The van der Waals surface area contributed by atoms with Crippen LogP contribution in [0.3, 0.4) is 0 Å². The molecule has 0 spiro atoms. The fourth-order valence-electron chi connectivity index (χ4n) is 4.65. The fourth-order valence-corrected chi connectivity index (χ4v) is 4.65. The summed E-state index contributed by atoms with van der Waals surface area (Å²) in [5.41, 5.74) is 1.09. The Labute approximate surface area is 171 Å². The van der Waals surface area contributed by atoms with Crippen molar-refractivity contribution in [3.05, 3.63) is 40.2 Å². The molecule has 3 heterocycles. The quantitative estimate of drug-likeness (QED) is 0.724. The van der Waals surface area contributed by atoms with E-state index in [4.69, 9.17) is 9.15 Å². The first-order valence-electron chi connectivity index (χ1n) is 10.8. The molecule has 0 saturated carbocycles. The third-order valence-corrected chi connectivity index (χ3v) is 6.28. The second-order valence-electron chi connectivity index (χ2n) is 8.16. The molecule has 1 atom stereocenters. The van der Waals surface area contributed by atoms with Crippen LogP contribution in [0, 0.1) is 0 Å². The van der Waals surface area contributed by atoms with Crippen LogP contribution in [-0.2, 0) is 11.2 Å². The summed E-state index contributed by atoms with van der Waals surface area (Å²) in [5, 5.41) is 0.905. The van der Waals surface area contributed by atoms with Gasteiger partial charge in [0.15, 0.2) is 6.10 Å². The monoisotopic (exact) mass is 398 g/mol. The molecule has 0 bridgehead atoms. The number of piperidine rings is 1. The Morgan fingerprint density at radius 2 is 1.90 bits per heavy atom. The molecule has 1 unspecified atom stereocenters. The topological polar surface area (TPSA) is 63.0 Å². The van der Waals surface area contributed by atoms with Crippen LogP contribution in [0.4, 0.5) is 0 Å². The van der Waals surface area contributed by atoms with E-state index in [1.807, 2.05) is 24.0 Å². The summed E-state index contributed by atoms with van der Waals surface area (Å²) < 4.78 is 11.2. The molecule has 2 saturated heterocycles. The summed E-state index contributed by atoms with van der Waals surface area (Å²) >= 11 is 0. The van der Waals surface area contributed by atoms with Gasteiger partial charge in [-0.25, -0.2) is 4.79 Å². The van der Waals surface area contributed by atoms with Crippen LogP contribution in [0.2, 0.25) is 0 Å². The van der Waals surface area contributed by atoms with Crippen molar-refractivity contribution in [1.82, 2.24) is 9.80 Å². The standard InChI is InChI=1S/C23H30N2O4/c1-3-17-14-22(26)29-21-15-19(6-7-20(17)21)28-16(2)23(27)25-12-8-18(9-13-25)24-10-4-5-11-24/h6-7,14-16,18H,3-5,8-13H2,1-2H3. The molecule has 2 aliphatic heterocycles. The number of rotatable bonds is 5. The van der Waals surface area contributed by atoms with E-state index in [1.165, 1.54) is 32.0 Å². The molecule has 4 rings (SSSR count). The van der Waals surface area contributed by atoms with Gasteiger partial charge in [-0.1, -0.05) is 6.92 Å². The summed E-state index contributed by atoms with van der Waals surface area (Å²) in [6.07, 6.45) is 4.87. The number of amides is 1. The van der Waals surface area contributed by atoms with Gasteiger partial charge in [0.2, 0.25) is 0 Å². The van der Waals surface area contributed by atoms with Gasteiger partial charge in [-0.15, -0.1) is 0 Å². The number of nitrogens with zero attached hydrogens (tertiary/aromatic N) is 2. The molecule has 0 N–H and O–H groups in total. The van der Waals surface area contributed by atoms with E-state index in [0.29, 0.717) is 17.4 Å². The molecule has 2 fully saturated rings. The second-order valence-corrected chi connectivity index (χ2v) is 8.16. The lowest BCUT2D eigenvalue weighted by atomic mass is 10.0. The molecule has 1 aromatic heterocycles. The highest BCUT2D eigenvalue weighted by atomic mass is 16.5. The highest BCUT2D eigenvalue weighted by molar-refractivity contribution is 5.83. The van der Waals surface area contributed by atoms with Crippen molar-refractivity contribution in [2.24, 2.45) is 0 Å². The first-order chi connectivity index (χ1) is 14.0. The highest BCUT2D eigenvalue weighted by Crippen LogP contribution is 2.25. The fraction of sp³-hybridized carbons (Fsp3) is 0.565. The lowest BCUT2D eigenvalue weighted by molar-refractivity contribution is -0.139. The van der Waals surface area contributed by atoms with Gasteiger partial charge in [0.05, 0.1) is 0 Å². The van der Waals surface area contributed by atoms with Crippen molar-refractivity contribution in [2.45, 2.75) is 58.1 Å². The number of carbonyl (C=O) groups excluding carboxylic acids is 1. The number of aryl methyl sites for hydroxylation is 1. The first-order valence-corrected chi connectivity index (χ1v) is 10.8. The number of likely N-dealkylation sites (tertiary alicyclic amines) is 2. The van der Waals surface area contributed by atoms with E-state index in [9.17, 15) is 9.59 Å². The number of ether oxygens (including phenoxy) is 1. The lowest BCUT2D eigenvalue weighted by Gasteiger charge is -2.37. The molecule has 2 aliphatic rings. The molecular formula is C23H30N2O4. The average molecular weight is 399 g/mol. The summed E-state index contributed by atoms with van der Waals surface area (Å²) in [4.78, 5) is 29.1. The molecule has 0 radical (unpaired) electrons. The molecule has 1 amide bonds. The zero-order chi connectivity index (χ0) is 20.4. The van der Waals surface area contributed by atoms with Crippen LogP contribution in [-0.4, -0.2) is 54.0 Å². The van der Waals surface area contributed by atoms with Crippen LogP contribution in [0.15, 0.2) is 33.5 Å². The second kappa shape index (κ2) is 8.57. The Kier molecular flexibility index (Phi) is 5.90. The van der Waals surface area contributed by atoms with Crippen LogP contribution >= 0.6 is 0 Å². The van der Waals surface area contributed by atoms with Crippen molar-refractivity contribution in [2.75, 3.05) is 26.2 Å². The van der Waals surface area contributed by atoms with Crippen LogP contribution in [0.1, 0.15) is 45.1 Å². The predicted octanol–water partition coefficient (Wildman–Crippen LogP) is 3.21. The number of benzene rings is 1. The maximum absolute atomic E-state index is 12.9. The van der Waals surface area contributed by atoms with E-state index in [2.05, 4.69) is 4.90 Å². The van der Waals surface area contributed by atoms with Crippen molar-refractivity contribution in [1.29, 1.82) is 0 Å². The maximum atomic E-state index is 12.9. The molecule has 6 nitrogen and oxygen atoms in total. The zero-order valence-corrected chi connectivity index (χ0v) is 17.4. The SMILES string of the molecule is CCc1cc(=O)oc2cc(OC(C)C(=O)N3CCC(N4CCCC4)CC3)ccc12. The van der Waals surface area contributed by atoms with Gasteiger partial charge in [-0.3, -0.25) is 4.79 Å². The summed E-state index contributed by atoms with van der Waals surface area (Å²) in [5.74, 6) is 0.565. The Morgan fingerprint density at radius 3 is 2.59 bits per heavy atom. The smallest absolute Gasteiger partial charge is 0.336 e. The molecule has 6 heteroatoms. The summed E-state index contributed by atoms with van der Waals surface area (Å²) in [6, 6.07) is 7.59. The summed E-state index contributed by atoms with van der Waals surface area (Å²) in [7, 11) is 0. The number of carbonyl (C=O) groups is 1. The lowest BCUT2D eigenvalue weighted by Crippen LogP contribution is -2.49. The zero-order valence-electron chi connectivity index (χ0n) is 17.4. The van der Waals surface area contributed by atoms with Gasteiger partial charge >= 0.3 is 5.63 Å². The van der Waals surface area contributed by atoms with Crippen LogP contribution in [0.25, 0.3) is 11.0 Å². The molecule has 2 aromatic rings. The molecule has 1 aromatic carbocycles. The van der Waals surface area contributed by atoms with Gasteiger partial charge < -0.3 is 19.0 Å². The van der Waals surface area contributed by atoms with Gasteiger partial charge in [0.1, 0.15) is 11.3 Å². The average Bonchev–Trinajstić information content (AvgIpc) is 3.27. The molecule has 0 aliphatic carbocycles. The Bertz CT molecular complexity index is 924. The minimum Gasteiger partial charge on any atom is -0.481 e. The van der Waals surface area contributed by atoms with E-state index in [0.717, 1.165) is 43.3 Å². The Morgan fingerprint density at radius 1 is 1.17 bits per heavy atom. The number of hydrogen-bond acceptors (Lipinski definition) is 5. The number of fused-ring (bicyclic) bond motifs is 1. The van der Waals surface area contributed by atoms with Crippen molar-refractivity contribution < 1.29 is 13.9 Å². The number of hydrogen-bond donors (Lipinski definition) is 0. The van der Waals surface area contributed by atoms with Crippen molar-refractivity contribution >= 4 is 16.9 Å². The predicted molar refractivity (Wildman–Crippen MR) is 112 cm³/mol. The minimum atomic E-state index is -0.572. The van der Waals surface area contributed by atoms with E-state index < -0.39 is 6.10 Å². The minimum absolute atomic E-state index is 0.0220. The van der Waals surface area contributed by atoms with E-state index in [1.54, 1.807) is 13.0 Å². The normalized spacial score (nSPS) is 19.6. The van der Waals surface area contributed by atoms with Gasteiger partial charge in [0, 0.05) is 36.7 Å². The highest BCUT2D eigenvalue weighted by Gasteiger charge is 2.30. The van der Waals surface area contributed by atoms with Gasteiger partial charge in [-0.2, -0.15) is 0 Å². The largest absolute Gasteiger partial charge is 0.481 e. The van der Waals surface area contributed by atoms with Crippen molar-refractivity contribution in [3.63, 3.8) is 0 Å². The van der Waals surface area contributed by atoms with Gasteiger partial charge in [0.25, 0.3) is 5.91 Å². The maximum Gasteiger partial charge on any atom is 0.336 e. The first kappa shape index (κ1) is 20.0. The van der Waals surface area contributed by atoms with Crippen LogP contribution < -0.4 is 10.4 Å². The Balaban J connectivity index is 1.39. The van der Waals surface area contributed by atoms with Crippen molar-refractivity contribution in [3.8, 4) is 5.75 Å². The molecule has 29 heavy (non-hydrogen) atoms. The third-order valence-electron chi connectivity index (χ3n) is 6.28. The van der Waals surface area contributed by atoms with E-state index >= 15 is 0 Å². The Hall–Kier alpha value is -2.34. The molecular weight excluding hydrogens is 368 g/mol. The van der Waals surface area contributed by atoms with Crippen LogP contribution in [0.5, 0.6) is 5.75 Å². The molecule has 156 valence electrons. The summed E-state index contributed by atoms with van der Waals surface area (Å²) in [6.45, 7) is 7.79. The third kappa shape index (κ3) is 4.32. The van der Waals surface area contributed by atoms with E-state index in [-0.39, 0.29) is 11.5 Å². The van der Waals surface area contributed by atoms with Gasteiger partial charge in [-0.05, 0) is 69.8 Å².